The number of carbonyl (C=O) groups excluding carboxylic acids is 1. The van der Waals surface area contributed by atoms with Crippen LogP contribution < -0.4 is 10.1 Å². The number of nitrogens with one attached hydrogen (secondary N) is 1. The molecule has 0 aliphatic heterocycles. The van der Waals surface area contributed by atoms with E-state index in [-0.39, 0.29) is 11.2 Å². The van der Waals surface area contributed by atoms with Crippen LogP contribution in [0.15, 0.2) is 59.5 Å². The van der Waals surface area contributed by atoms with Gasteiger partial charge in [0.1, 0.15) is 5.75 Å². The van der Waals surface area contributed by atoms with Crippen molar-refractivity contribution in [2.45, 2.75) is 23.7 Å². The van der Waals surface area contributed by atoms with E-state index in [0.29, 0.717) is 19.8 Å². The van der Waals surface area contributed by atoms with Crippen molar-refractivity contribution in [3.05, 3.63) is 60.2 Å². The molecule has 0 aromatic heterocycles. The smallest absolute Gasteiger partial charge is 0.233 e. The molecule has 128 valence electrons. The van der Waals surface area contributed by atoms with Crippen LogP contribution in [0.1, 0.15) is 12.5 Å². The average Bonchev–Trinajstić information content (AvgIpc) is 2.62. The monoisotopic (exact) mass is 345 g/mol. The molecule has 2 aromatic rings. The van der Waals surface area contributed by atoms with Crippen LogP contribution in [0.2, 0.25) is 0 Å². The van der Waals surface area contributed by atoms with E-state index in [4.69, 9.17) is 9.47 Å². The lowest BCUT2D eigenvalue weighted by Gasteiger charge is -2.12. The van der Waals surface area contributed by atoms with Gasteiger partial charge in [0, 0.05) is 11.4 Å². The van der Waals surface area contributed by atoms with Crippen molar-refractivity contribution in [1.29, 1.82) is 0 Å². The first-order valence-electron chi connectivity index (χ1n) is 7.89. The molecule has 0 spiro atoms. The van der Waals surface area contributed by atoms with Gasteiger partial charge >= 0.3 is 0 Å². The fraction of sp³-hybridized carbons (Fsp3) is 0.316. The Hall–Kier alpha value is -1.98. The largest absolute Gasteiger partial charge is 0.497 e. The summed E-state index contributed by atoms with van der Waals surface area (Å²) in [6.45, 7) is 3.47. The summed E-state index contributed by atoms with van der Waals surface area (Å²) in [7, 11) is 1.64. The molecule has 0 saturated heterocycles. The Morgan fingerprint density at radius 2 is 1.83 bits per heavy atom. The number of thioether (sulfide) groups is 1. The van der Waals surface area contributed by atoms with Crippen LogP contribution >= 0.6 is 11.8 Å². The van der Waals surface area contributed by atoms with E-state index in [0.717, 1.165) is 16.2 Å². The summed E-state index contributed by atoms with van der Waals surface area (Å²) < 4.78 is 10.7. The van der Waals surface area contributed by atoms with Gasteiger partial charge in [0.15, 0.2) is 0 Å². The predicted molar refractivity (Wildman–Crippen MR) is 97.4 cm³/mol. The standard InChI is InChI=1S/C19H23NO3S/c1-15(24-18-10-8-17(22-2)9-11-18)19(21)20-12-13-23-14-16-6-4-3-5-7-16/h3-11,15H,12-14H2,1-2H3,(H,20,21)/t15-/m1/s1. The van der Waals surface area contributed by atoms with Crippen LogP contribution in [-0.4, -0.2) is 31.4 Å². The third kappa shape index (κ3) is 6.26. The molecule has 0 saturated carbocycles. The molecule has 0 fully saturated rings. The number of rotatable bonds is 9. The topological polar surface area (TPSA) is 47.6 Å². The first kappa shape index (κ1) is 18.4. The molecule has 1 N–H and O–H groups in total. The Labute approximate surface area is 147 Å². The maximum absolute atomic E-state index is 12.1. The summed E-state index contributed by atoms with van der Waals surface area (Å²) >= 11 is 1.52. The first-order chi connectivity index (χ1) is 11.7. The number of benzene rings is 2. The van der Waals surface area contributed by atoms with Crippen LogP contribution in [0, 0.1) is 0 Å². The SMILES string of the molecule is COc1ccc(S[C@H](C)C(=O)NCCOCc2ccccc2)cc1. The Balaban J connectivity index is 1.64. The summed E-state index contributed by atoms with van der Waals surface area (Å²) in [6, 6.07) is 17.7. The molecule has 0 aliphatic carbocycles. The van der Waals surface area contributed by atoms with Gasteiger partial charge in [0.2, 0.25) is 5.91 Å². The molecule has 1 atom stereocenters. The number of amides is 1. The number of hydrogen-bond donors (Lipinski definition) is 1. The zero-order valence-electron chi connectivity index (χ0n) is 14.0. The van der Waals surface area contributed by atoms with Crippen molar-refractivity contribution < 1.29 is 14.3 Å². The number of methoxy groups -OCH3 is 1. The third-order valence-corrected chi connectivity index (χ3v) is 4.51. The molecule has 2 aromatic carbocycles. The minimum atomic E-state index is -0.160. The van der Waals surface area contributed by atoms with Gasteiger partial charge in [-0.2, -0.15) is 0 Å². The van der Waals surface area contributed by atoms with Crippen LogP contribution in [0.3, 0.4) is 0 Å². The van der Waals surface area contributed by atoms with Crippen molar-refractivity contribution >= 4 is 17.7 Å². The van der Waals surface area contributed by atoms with Crippen molar-refractivity contribution in [1.82, 2.24) is 5.32 Å². The molecule has 4 nitrogen and oxygen atoms in total. The molecule has 2 rings (SSSR count). The van der Waals surface area contributed by atoms with Crippen molar-refractivity contribution in [2.24, 2.45) is 0 Å². The Morgan fingerprint density at radius 3 is 2.50 bits per heavy atom. The number of hydrogen-bond acceptors (Lipinski definition) is 4. The molecule has 0 heterocycles. The zero-order valence-corrected chi connectivity index (χ0v) is 14.8. The number of carbonyl (C=O) groups is 1. The summed E-state index contributed by atoms with van der Waals surface area (Å²) in [6.07, 6.45) is 0. The molecule has 0 bridgehead atoms. The van der Waals surface area contributed by atoms with E-state index in [1.54, 1.807) is 7.11 Å². The van der Waals surface area contributed by atoms with Gasteiger partial charge in [-0.1, -0.05) is 30.3 Å². The van der Waals surface area contributed by atoms with Crippen LogP contribution in [0.25, 0.3) is 0 Å². The quantitative estimate of drug-likeness (QED) is 0.558. The molecule has 0 unspecified atom stereocenters. The van der Waals surface area contributed by atoms with E-state index in [1.165, 1.54) is 11.8 Å². The maximum Gasteiger partial charge on any atom is 0.233 e. The summed E-state index contributed by atoms with van der Waals surface area (Å²) in [5.41, 5.74) is 1.13. The first-order valence-corrected chi connectivity index (χ1v) is 8.77. The van der Waals surface area contributed by atoms with Gasteiger partial charge in [-0.05, 0) is 36.8 Å². The van der Waals surface area contributed by atoms with Crippen molar-refractivity contribution in [3.63, 3.8) is 0 Å². The van der Waals surface area contributed by atoms with Crippen LogP contribution in [0.5, 0.6) is 5.75 Å². The Morgan fingerprint density at radius 1 is 1.12 bits per heavy atom. The fourth-order valence-electron chi connectivity index (χ4n) is 2.07. The lowest BCUT2D eigenvalue weighted by molar-refractivity contribution is -0.120. The van der Waals surface area contributed by atoms with Gasteiger partial charge in [0.05, 0.1) is 25.6 Å². The summed E-state index contributed by atoms with van der Waals surface area (Å²) in [5, 5.41) is 2.74. The molecule has 0 radical (unpaired) electrons. The second-order valence-electron chi connectivity index (χ2n) is 5.26. The molecular formula is C19H23NO3S. The van der Waals surface area contributed by atoms with E-state index in [9.17, 15) is 4.79 Å². The van der Waals surface area contributed by atoms with E-state index in [2.05, 4.69) is 5.32 Å². The van der Waals surface area contributed by atoms with E-state index in [1.807, 2.05) is 61.5 Å². The van der Waals surface area contributed by atoms with Gasteiger partial charge in [0.25, 0.3) is 0 Å². The lowest BCUT2D eigenvalue weighted by atomic mass is 10.2. The minimum Gasteiger partial charge on any atom is -0.497 e. The molecule has 0 aliphatic rings. The van der Waals surface area contributed by atoms with Gasteiger partial charge in [-0.25, -0.2) is 0 Å². The van der Waals surface area contributed by atoms with Crippen LogP contribution in [0.4, 0.5) is 0 Å². The van der Waals surface area contributed by atoms with Crippen LogP contribution in [-0.2, 0) is 16.1 Å². The molecular weight excluding hydrogens is 322 g/mol. The van der Waals surface area contributed by atoms with E-state index < -0.39 is 0 Å². The Bertz CT molecular complexity index is 616. The predicted octanol–water partition coefficient (Wildman–Crippen LogP) is 3.51. The molecule has 5 heteroatoms. The lowest BCUT2D eigenvalue weighted by Crippen LogP contribution is -2.33. The van der Waals surface area contributed by atoms with Gasteiger partial charge < -0.3 is 14.8 Å². The van der Waals surface area contributed by atoms with Gasteiger partial charge in [-0.3, -0.25) is 4.79 Å². The highest BCUT2D eigenvalue weighted by Crippen LogP contribution is 2.25. The van der Waals surface area contributed by atoms with E-state index >= 15 is 0 Å². The second kappa shape index (κ2) is 10.0. The minimum absolute atomic E-state index is 0.0131. The molecule has 24 heavy (non-hydrogen) atoms. The summed E-state index contributed by atoms with van der Waals surface area (Å²) in [5.74, 6) is 0.825. The third-order valence-electron chi connectivity index (χ3n) is 3.40. The average molecular weight is 345 g/mol. The highest BCUT2D eigenvalue weighted by molar-refractivity contribution is 8.00. The Kier molecular flexibility index (Phi) is 7.65. The van der Waals surface area contributed by atoms with Gasteiger partial charge in [-0.15, -0.1) is 11.8 Å². The fourth-order valence-corrected chi connectivity index (χ4v) is 2.96. The summed E-state index contributed by atoms with van der Waals surface area (Å²) in [4.78, 5) is 13.1. The normalized spacial score (nSPS) is 11.8. The van der Waals surface area contributed by atoms with Crippen molar-refractivity contribution in [3.8, 4) is 5.75 Å². The highest BCUT2D eigenvalue weighted by atomic mass is 32.2. The number of ether oxygens (including phenoxy) is 2. The van der Waals surface area contributed by atoms with Crippen molar-refractivity contribution in [2.75, 3.05) is 20.3 Å². The zero-order chi connectivity index (χ0) is 17.2. The highest BCUT2D eigenvalue weighted by Gasteiger charge is 2.13. The maximum atomic E-state index is 12.1. The molecule has 1 amide bonds. The second-order valence-corrected chi connectivity index (χ2v) is 6.68.